The van der Waals surface area contributed by atoms with E-state index in [1.165, 1.54) is 11.3 Å². The summed E-state index contributed by atoms with van der Waals surface area (Å²) in [5.74, 6) is 1.11. The Balaban J connectivity index is 2.77. The molecule has 1 atom stereocenters. The lowest BCUT2D eigenvalue weighted by atomic mass is 10.0. The summed E-state index contributed by atoms with van der Waals surface area (Å²) in [6.45, 7) is 3.97. The van der Waals surface area contributed by atoms with E-state index in [4.69, 9.17) is 4.74 Å². The SMILES string of the molecule is CCC(C)C(=O)c1cc(OC)cs1. The first kappa shape index (κ1) is 10.3. The number of carbonyl (C=O) groups is 1. The fraction of sp³-hybridized carbons (Fsp3) is 0.500. The number of Topliss-reactive ketones (excluding diaryl/α,β-unsaturated/α-hetero) is 1. The number of ether oxygens (including phenoxy) is 1. The Morgan fingerprint density at radius 2 is 2.38 bits per heavy atom. The Bertz CT molecular complexity index is 291. The highest BCUT2D eigenvalue weighted by Gasteiger charge is 2.15. The molecule has 0 N–H and O–H groups in total. The van der Waals surface area contributed by atoms with Gasteiger partial charge >= 0.3 is 0 Å². The van der Waals surface area contributed by atoms with Gasteiger partial charge in [0.25, 0.3) is 0 Å². The minimum Gasteiger partial charge on any atom is -0.496 e. The van der Waals surface area contributed by atoms with Crippen molar-refractivity contribution in [3.8, 4) is 5.75 Å². The van der Waals surface area contributed by atoms with E-state index in [0.29, 0.717) is 0 Å². The molecule has 0 amide bonds. The Morgan fingerprint density at radius 1 is 1.69 bits per heavy atom. The standard InChI is InChI=1S/C10H14O2S/c1-4-7(2)10(11)9-5-8(12-3)6-13-9/h5-7H,4H2,1-3H3. The highest BCUT2D eigenvalue weighted by molar-refractivity contribution is 7.12. The molecular weight excluding hydrogens is 184 g/mol. The molecule has 0 aromatic carbocycles. The second kappa shape index (κ2) is 4.42. The van der Waals surface area contributed by atoms with Gasteiger partial charge in [-0.25, -0.2) is 0 Å². The monoisotopic (exact) mass is 198 g/mol. The second-order valence-electron chi connectivity index (χ2n) is 3.02. The average molecular weight is 198 g/mol. The van der Waals surface area contributed by atoms with E-state index in [-0.39, 0.29) is 11.7 Å². The molecule has 0 aliphatic heterocycles. The topological polar surface area (TPSA) is 26.3 Å². The Morgan fingerprint density at radius 3 is 2.85 bits per heavy atom. The second-order valence-corrected chi connectivity index (χ2v) is 3.94. The van der Waals surface area contributed by atoms with E-state index in [1.807, 2.05) is 19.2 Å². The van der Waals surface area contributed by atoms with Crippen LogP contribution in [0, 0.1) is 5.92 Å². The molecule has 13 heavy (non-hydrogen) atoms. The molecule has 0 radical (unpaired) electrons. The summed E-state index contributed by atoms with van der Waals surface area (Å²) in [6.07, 6.45) is 0.888. The van der Waals surface area contributed by atoms with Gasteiger partial charge in [0.15, 0.2) is 5.78 Å². The zero-order valence-corrected chi connectivity index (χ0v) is 8.98. The minimum absolute atomic E-state index is 0.114. The van der Waals surface area contributed by atoms with E-state index in [2.05, 4.69) is 0 Å². The Kier molecular flexibility index (Phi) is 3.48. The third-order valence-electron chi connectivity index (χ3n) is 2.11. The van der Waals surface area contributed by atoms with Gasteiger partial charge in [0, 0.05) is 17.4 Å². The van der Waals surface area contributed by atoms with Crippen LogP contribution in [0.15, 0.2) is 11.4 Å². The van der Waals surface area contributed by atoms with Gasteiger partial charge in [-0.15, -0.1) is 11.3 Å². The number of thiophene rings is 1. The van der Waals surface area contributed by atoms with E-state index in [1.54, 1.807) is 13.2 Å². The first-order chi connectivity index (χ1) is 6.19. The fourth-order valence-electron chi connectivity index (χ4n) is 0.983. The summed E-state index contributed by atoms with van der Waals surface area (Å²) in [5, 5.41) is 1.86. The molecule has 0 saturated carbocycles. The van der Waals surface area contributed by atoms with Crippen LogP contribution in [-0.2, 0) is 0 Å². The summed E-state index contributed by atoms with van der Waals surface area (Å²) in [5.41, 5.74) is 0. The highest BCUT2D eigenvalue weighted by atomic mass is 32.1. The Labute approximate surface area is 82.5 Å². The number of ketones is 1. The van der Waals surface area contributed by atoms with Crippen molar-refractivity contribution in [2.45, 2.75) is 20.3 Å². The van der Waals surface area contributed by atoms with Crippen molar-refractivity contribution in [3.05, 3.63) is 16.3 Å². The first-order valence-corrected chi connectivity index (χ1v) is 5.23. The molecule has 0 bridgehead atoms. The largest absolute Gasteiger partial charge is 0.496 e. The Hall–Kier alpha value is -0.830. The molecular formula is C10H14O2S. The van der Waals surface area contributed by atoms with E-state index >= 15 is 0 Å². The molecule has 1 aromatic heterocycles. The number of carbonyl (C=O) groups excluding carboxylic acids is 1. The van der Waals surface area contributed by atoms with E-state index in [0.717, 1.165) is 17.0 Å². The molecule has 0 fully saturated rings. The van der Waals surface area contributed by atoms with Crippen LogP contribution in [-0.4, -0.2) is 12.9 Å². The van der Waals surface area contributed by atoms with Crippen LogP contribution >= 0.6 is 11.3 Å². The van der Waals surface area contributed by atoms with Gasteiger partial charge in [0.1, 0.15) is 5.75 Å². The molecule has 0 saturated heterocycles. The predicted octanol–water partition coefficient (Wildman–Crippen LogP) is 2.99. The van der Waals surface area contributed by atoms with Crippen LogP contribution in [0.4, 0.5) is 0 Å². The summed E-state index contributed by atoms with van der Waals surface area (Å²) < 4.78 is 5.02. The summed E-state index contributed by atoms with van der Waals surface area (Å²) in [6, 6.07) is 1.80. The van der Waals surface area contributed by atoms with Crippen molar-refractivity contribution >= 4 is 17.1 Å². The van der Waals surface area contributed by atoms with Crippen molar-refractivity contribution in [2.24, 2.45) is 5.92 Å². The molecule has 2 nitrogen and oxygen atoms in total. The van der Waals surface area contributed by atoms with Gasteiger partial charge in [0.2, 0.25) is 0 Å². The maximum atomic E-state index is 11.7. The van der Waals surface area contributed by atoms with Gasteiger partial charge < -0.3 is 4.74 Å². The van der Waals surface area contributed by atoms with Crippen molar-refractivity contribution in [2.75, 3.05) is 7.11 Å². The predicted molar refractivity (Wildman–Crippen MR) is 54.7 cm³/mol. The van der Waals surface area contributed by atoms with Crippen LogP contribution in [0.1, 0.15) is 29.9 Å². The quantitative estimate of drug-likeness (QED) is 0.695. The van der Waals surface area contributed by atoms with Gasteiger partial charge in [-0.1, -0.05) is 13.8 Å². The maximum Gasteiger partial charge on any atom is 0.175 e. The van der Waals surface area contributed by atoms with Crippen molar-refractivity contribution < 1.29 is 9.53 Å². The molecule has 72 valence electrons. The number of rotatable bonds is 4. The first-order valence-electron chi connectivity index (χ1n) is 4.35. The smallest absolute Gasteiger partial charge is 0.175 e. The lowest BCUT2D eigenvalue weighted by Gasteiger charge is -2.03. The third kappa shape index (κ3) is 2.31. The molecule has 1 rings (SSSR count). The normalized spacial score (nSPS) is 12.5. The number of methoxy groups -OCH3 is 1. The molecule has 0 spiro atoms. The zero-order valence-electron chi connectivity index (χ0n) is 8.16. The van der Waals surface area contributed by atoms with Crippen molar-refractivity contribution in [1.29, 1.82) is 0 Å². The van der Waals surface area contributed by atoms with Crippen LogP contribution < -0.4 is 4.74 Å². The molecule has 0 aliphatic rings. The zero-order chi connectivity index (χ0) is 9.84. The van der Waals surface area contributed by atoms with Gasteiger partial charge in [-0.3, -0.25) is 4.79 Å². The van der Waals surface area contributed by atoms with E-state index < -0.39 is 0 Å². The molecule has 3 heteroatoms. The number of hydrogen-bond acceptors (Lipinski definition) is 3. The summed E-state index contributed by atoms with van der Waals surface area (Å²) >= 11 is 1.45. The highest BCUT2D eigenvalue weighted by Crippen LogP contribution is 2.24. The van der Waals surface area contributed by atoms with Gasteiger partial charge in [-0.05, 0) is 6.42 Å². The van der Waals surface area contributed by atoms with Crippen LogP contribution in [0.25, 0.3) is 0 Å². The lowest BCUT2D eigenvalue weighted by Crippen LogP contribution is -2.07. The van der Waals surface area contributed by atoms with Crippen molar-refractivity contribution in [1.82, 2.24) is 0 Å². The average Bonchev–Trinajstić information content (AvgIpc) is 2.63. The molecule has 1 heterocycles. The van der Waals surface area contributed by atoms with Gasteiger partial charge in [-0.2, -0.15) is 0 Å². The van der Waals surface area contributed by atoms with Crippen LogP contribution in [0.2, 0.25) is 0 Å². The minimum atomic E-state index is 0.114. The van der Waals surface area contributed by atoms with Crippen molar-refractivity contribution in [3.63, 3.8) is 0 Å². The maximum absolute atomic E-state index is 11.7. The molecule has 1 aromatic rings. The van der Waals surface area contributed by atoms with Crippen LogP contribution in [0.3, 0.4) is 0 Å². The summed E-state index contributed by atoms with van der Waals surface area (Å²) in [4.78, 5) is 12.5. The fourth-order valence-corrected chi connectivity index (χ4v) is 1.89. The van der Waals surface area contributed by atoms with Gasteiger partial charge in [0.05, 0.1) is 12.0 Å². The van der Waals surface area contributed by atoms with Crippen LogP contribution in [0.5, 0.6) is 5.75 Å². The van der Waals surface area contributed by atoms with E-state index in [9.17, 15) is 4.79 Å². The molecule has 1 unspecified atom stereocenters. The summed E-state index contributed by atoms with van der Waals surface area (Å²) in [7, 11) is 1.61. The third-order valence-corrected chi connectivity index (χ3v) is 3.04. The molecule has 0 aliphatic carbocycles. The number of hydrogen-bond donors (Lipinski definition) is 0. The lowest BCUT2D eigenvalue weighted by molar-refractivity contribution is 0.0931.